The molecule has 25 heavy (non-hydrogen) atoms. The number of aryl methyl sites for hydroxylation is 2. The molecule has 3 rings (SSSR count). The van der Waals surface area contributed by atoms with Gasteiger partial charge in [-0.15, -0.1) is 0 Å². The fourth-order valence-electron chi connectivity index (χ4n) is 3.06. The predicted octanol–water partition coefficient (Wildman–Crippen LogP) is 1.87. The van der Waals surface area contributed by atoms with Crippen LogP contribution in [0.1, 0.15) is 11.1 Å². The van der Waals surface area contributed by atoms with Crippen molar-refractivity contribution in [1.82, 2.24) is 14.5 Å². The maximum atomic E-state index is 12.1. The largest absolute Gasteiger partial charge is 0.448 e. The number of hydrogen-bond acceptors (Lipinski definition) is 6. The van der Waals surface area contributed by atoms with Gasteiger partial charge in [0.25, 0.3) is 0 Å². The number of morpholine rings is 1. The first kappa shape index (κ1) is 17.5. The third-order valence-corrected chi connectivity index (χ3v) is 4.48. The highest BCUT2D eigenvalue weighted by Gasteiger charge is 2.16. The number of anilines is 2. The van der Waals surface area contributed by atoms with Crippen molar-refractivity contribution in [1.29, 1.82) is 0 Å². The number of rotatable bonds is 5. The lowest BCUT2D eigenvalue weighted by atomic mass is 10.2. The molecule has 1 aliphatic heterocycles. The zero-order valence-corrected chi connectivity index (χ0v) is 15.0. The summed E-state index contributed by atoms with van der Waals surface area (Å²) in [6, 6.07) is 0. The van der Waals surface area contributed by atoms with E-state index in [1.165, 1.54) is 0 Å². The summed E-state index contributed by atoms with van der Waals surface area (Å²) in [5, 5.41) is 10.4. The second-order valence-corrected chi connectivity index (χ2v) is 6.13. The third-order valence-electron chi connectivity index (χ3n) is 4.48. The lowest BCUT2D eigenvalue weighted by Gasteiger charge is -2.26. The lowest BCUT2D eigenvalue weighted by Crippen LogP contribution is -2.38. The number of aromatic nitrogens is 2. The summed E-state index contributed by atoms with van der Waals surface area (Å²) in [5.41, 5.74) is 4.65. The van der Waals surface area contributed by atoms with Crippen molar-refractivity contribution in [3.8, 4) is 0 Å². The Kier molecular flexibility index (Phi) is 5.40. The number of nitrogens with zero attached hydrogens (tertiary/aromatic N) is 3. The highest BCUT2D eigenvalue weighted by atomic mass is 16.5. The molecule has 1 saturated heterocycles. The average molecular weight is 347 g/mol. The minimum Gasteiger partial charge on any atom is -0.448 e. The minimum absolute atomic E-state index is 0.359. The van der Waals surface area contributed by atoms with E-state index in [1.807, 2.05) is 20.9 Å². The topological polar surface area (TPSA) is 80.1 Å². The van der Waals surface area contributed by atoms with Crippen LogP contribution in [0, 0.1) is 13.8 Å². The van der Waals surface area contributed by atoms with Crippen LogP contribution in [0.15, 0.2) is 12.4 Å². The van der Waals surface area contributed by atoms with Gasteiger partial charge in [-0.05, 0) is 19.4 Å². The minimum atomic E-state index is -0.449. The number of hydrogen-bond donors (Lipinski definition) is 2. The molecule has 0 unspecified atom stereocenters. The van der Waals surface area contributed by atoms with Gasteiger partial charge in [-0.25, -0.2) is 9.31 Å². The molecule has 2 N–H and O–H groups in total. The highest BCUT2D eigenvalue weighted by molar-refractivity contribution is 5.91. The van der Waals surface area contributed by atoms with E-state index < -0.39 is 6.09 Å². The number of ether oxygens (including phenoxy) is 2. The maximum Gasteiger partial charge on any atom is 0.411 e. The third kappa shape index (κ3) is 3.85. The van der Waals surface area contributed by atoms with E-state index in [9.17, 15) is 4.79 Å². The van der Waals surface area contributed by atoms with Gasteiger partial charge in [0.15, 0.2) is 0 Å². The van der Waals surface area contributed by atoms with E-state index in [-0.39, 0.29) is 0 Å². The average Bonchev–Trinajstić information content (AvgIpc) is 2.92. The Morgan fingerprint density at radius 2 is 2.12 bits per heavy atom. The molecule has 0 bridgehead atoms. The normalized spacial score (nSPS) is 15.3. The van der Waals surface area contributed by atoms with Gasteiger partial charge >= 0.3 is 6.09 Å². The summed E-state index contributed by atoms with van der Waals surface area (Å²) < 4.78 is 12.4. The number of amides is 1. The fraction of sp³-hybridized carbons (Fsp3) is 0.529. The molecule has 0 aliphatic carbocycles. The summed E-state index contributed by atoms with van der Waals surface area (Å²) in [6.45, 7) is 8.28. The Labute approximate surface area is 147 Å². The molecule has 8 nitrogen and oxygen atoms in total. The van der Waals surface area contributed by atoms with Crippen molar-refractivity contribution < 1.29 is 14.3 Å². The van der Waals surface area contributed by atoms with Crippen molar-refractivity contribution in [3.05, 3.63) is 23.5 Å². The Morgan fingerprint density at radius 1 is 1.36 bits per heavy atom. The molecule has 1 aliphatic rings. The van der Waals surface area contributed by atoms with E-state index >= 15 is 0 Å². The molecule has 2 aromatic rings. The molecule has 0 aromatic carbocycles. The Morgan fingerprint density at radius 3 is 2.84 bits per heavy atom. The molecule has 2 aromatic heterocycles. The molecule has 1 fully saturated rings. The van der Waals surface area contributed by atoms with Crippen LogP contribution < -0.4 is 10.6 Å². The van der Waals surface area contributed by atoms with Crippen molar-refractivity contribution in [2.24, 2.45) is 0 Å². The van der Waals surface area contributed by atoms with Crippen LogP contribution in [0.4, 0.5) is 16.2 Å². The monoisotopic (exact) mass is 347 g/mol. The SMILES string of the molecule is CNc1c(C)cnn2cc(NC(=O)OCCN3CCOCC3)c(C)c12. The molecule has 0 atom stereocenters. The van der Waals surface area contributed by atoms with Gasteiger partial charge < -0.3 is 14.8 Å². The van der Waals surface area contributed by atoms with Gasteiger partial charge in [0, 0.05) is 32.2 Å². The molecule has 0 saturated carbocycles. The van der Waals surface area contributed by atoms with Crippen molar-refractivity contribution >= 4 is 23.0 Å². The maximum absolute atomic E-state index is 12.1. The van der Waals surface area contributed by atoms with E-state index in [0.29, 0.717) is 12.3 Å². The molecular formula is C17H25N5O3. The summed E-state index contributed by atoms with van der Waals surface area (Å²) >= 11 is 0. The summed E-state index contributed by atoms with van der Waals surface area (Å²) in [6.07, 6.45) is 3.15. The second kappa shape index (κ2) is 7.71. The molecule has 136 valence electrons. The Bertz CT molecular complexity index is 752. The van der Waals surface area contributed by atoms with Gasteiger partial charge in [0.2, 0.25) is 0 Å². The van der Waals surface area contributed by atoms with Gasteiger partial charge in [0.1, 0.15) is 6.61 Å². The fourth-order valence-corrected chi connectivity index (χ4v) is 3.06. The molecular weight excluding hydrogens is 322 g/mol. The van der Waals surface area contributed by atoms with Crippen LogP contribution in [-0.4, -0.2) is 67.1 Å². The van der Waals surface area contributed by atoms with E-state index in [2.05, 4.69) is 20.6 Å². The van der Waals surface area contributed by atoms with Crippen molar-refractivity contribution in [2.45, 2.75) is 13.8 Å². The Balaban J connectivity index is 1.62. The van der Waals surface area contributed by atoms with Crippen LogP contribution in [0.25, 0.3) is 5.52 Å². The number of carbonyl (C=O) groups excluding carboxylic acids is 1. The first-order valence-corrected chi connectivity index (χ1v) is 8.49. The number of fused-ring (bicyclic) bond motifs is 1. The van der Waals surface area contributed by atoms with Gasteiger partial charge in [0.05, 0.1) is 42.5 Å². The van der Waals surface area contributed by atoms with Crippen molar-refractivity contribution in [2.75, 3.05) is 57.1 Å². The predicted molar refractivity (Wildman–Crippen MR) is 96.4 cm³/mol. The van der Waals surface area contributed by atoms with Crippen LogP contribution in [0.3, 0.4) is 0 Å². The zero-order chi connectivity index (χ0) is 17.8. The number of nitrogens with one attached hydrogen (secondary N) is 2. The molecule has 1 amide bonds. The molecule has 3 heterocycles. The second-order valence-electron chi connectivity index (χ2n) is 6.13. The number of carbonyl (C=O) groups is 1. The van der Waals surface area contributed by atoms with E-state index in [4.69, 9.17) is 9.47 Å². The zero-order valence-electron chi connectivity index (χ0n) is 15.0. The lowest BCUT2D eigenvalue weighted by molar-refractivity contribution is 0.0290. The summed E-state index contributed by atoms with van der Waals surface area (Å²) in [4.78, 5) is 14.3. The molecule has 0 spiro atoms. The van der Waals surface area contributed by atoms with Crippen molar-refractivity contribution in [3.63, 3.8) is 0 Å². The summed E-state index contributed by atoms with van der Waals surface area (Å²) in [5.74, 6) is 0. The molecule has 8 heteroatoms. The van der Waals surface area contributed by atoms with Crippen LogP contribution >= 0.6 is 0 Å². The smallest absolute Gasteiger partial charge is 0.411 e. The molecule has 0 radical (unpaired) electrons. The van der Waals surface area contributed by atoms with E-state index in [0.717, 1.165) is 55.2 Å². The van der Waals surface area contributed by atoms with Gasteiger partial charge in [-0.1, -0.05) is 0 Å². The standard InChI is InChI=1S/C17H25N5O3/c1-12-10-19-22-11-14(13(2)16(22)15(12)18-3)20-17(23)25-9-6-21-4-7-24-8-5-21/h10-11,18H,4-9H2,1-3H3,(H,20,23). The first-order valence-electron chi connectivity index (χ1n) is 8.49. The Hall–Kier alpha value is -2.32. The first-order chi connectivity index (χ1) is 12.1. The van der Waals surface area contributed by atoms with Gasteiger partial charge in [-0.3, -0.25) is 10.2 Å². The quantitative estimate of drug-likeness (QED) is 0.860. The van der Waals surface area contributed by atoms with Gasteiger partial charge in [-0.2, -0.15) is 5.10 Å². The van der Waals surface area contributed by atoms with Crippen LogP contribution in [0.2, 0.25) is 0 Å². The van der Waals surface area contributed by atoms with E-state index in [1.54, 1.807) is 16.9 Å². The summed E-state index contributed by atoms with van der Waals surface area (Å²) in [7, 11) is 1.88. The van der Waals surface area contributed by atoms with Crippen LogP contribution in [0.5, 0.6) is 0 Å². The van der Waals surface area contributed by atoms with Crippen LogP contribution in [-0.2, 0) is 9.47 Å². The highest BCUT2D eigenvalue weighted by Crippen LogP contribution is 2.29.